The summed E-state index contributed by atoms with van der Waals surface area (Å²) in [5.74, 6) is 0.785. The maximum Gasteiger partial charge on any atom is 0.136 e. The highest BCUT2D eigenvalue weighted by molar-refractivity contribution is 6.30. The van der Waals surface area contributed by atoms with Crippen LogP contribution in [0.1, 0.15) is 29.6 Å². The molecule has 2 nitrogen and oxygen atoms in total. The summed E-state index contributed by atoms with van der Waals surface area (Å²) in [6.07, 6.45) is 1.49. The van der Waals surface area contributed by atoms with E-state index in [1.54, 1.807) is 0 Å². The molecular formula is C14H14Cl2N2. The number of nitrogens with zero attached hydrogens (tertiary/aromatic N) is 2. The molecule has 0 saturated heterocycles. The lowest BCUT2D eigenvalue weighted by Crippen LogP contribution is -2.03. The highest BCUT2D eigenvalue weighted by Crippen LogP contribution is 2.22. The average Bonchev–Trinajstić information content (AvgIpc) is 2.33. The first-order chi connectivity index (χ1) is 8.60. The van der Waals surface area contributed by atoms with E-state index < -0.39 is 0 Å². The van der Waals surface area contributed by atoms with E-state index in [1.807, 2.05) is 38.1 Å². The predicted octanol–water partition coefficient (Wildman–Crippen LogP) is 4.25. The van der Waals surface area contributed by atoms with Crippen molar-refractivity contribution in [1.82, 2.24) is 9.97 Å². The van der Waals surface area contributed by atoms with E-state index >= 15 is 0 Å². The van der Waals surface area contributed by atoms with Gasteiger partial charge in [0.1, 0.15) is 11.0 Å². The zero-order valence-corrected chi connectivity index (χ0v) is 11.9. The molecule has 0 radical (unpaired) electrons. The SMILES string of the molecule is CCc1nc(C)c(Cc2cccc(Cl)c2)c(Cl)n1. The molecule has 1 aromatic heterocycles. The van der Waals surface area contributed by atoms with E-state index in [2.05, 4.69) is 9.97 Å². The molecule has 0 unspecified atom stereocenters. The Labute approximate surface area is 117 Å². The minimum Gasteiger partial charge on any atom is -0.238 e. The van der Waals surface area contributed by atoms with Gasteiger partial charge in [-0.2, -0.15) is 0 Å². The monoisotopic (exact) mass is 280 g/mol. The van der Waals surface area contributed by atoms with E-state index in [4.69, 9.17) is 23.2 Å². The van der Waals surface area contributed by atoms with Crippen LogP contribution < -0.4 is 0 Å². The molecule has 0 aliphatic rings. The zero-order valence-electron chi connectivity index (χ0n) is 10.4. The van der Waals surface area contributed by atoms with Gasteiger partial charge in [0.15, 0.2) is 0 Å². The maximum absolute atomic E-state index is 6.22. The Morgan fingerprint density at radius 3 is 2.56 bits per heavy atom. The lowest BCUT2D eigenvalue weighted by Gasteiger charge is -2.09. The van der Waals surface area contributed by atoms with Crippen LogP contribution in [0.25, 0.3) is 0 Å². The van der Waals surface area contributed by atoms with E-state index in [0.717, 1.165) is 34.1 Å². The molecule has 0 atom stereocenters. The van der Waals surface area contributed by atoms with Crippen molar-refractivity contribution < 1.29 is 0 Å². The Morgan fingerprint density at radius 1 is 1.17 bits per heavy atom. The van der Waals surface area contributed by atoms with Crippen LogP contribution in [0.2, 0.25) is 10.2 Å². The van der Waals surface area contributed by atoms with Crippen LogP contribution in [0, 0.1) is 6.92 Å². The molecule has 1 aromatic carbocycles. The van der Waals surface area contributed by atoms with Gasteiger partial charge < -0.3 is 0 Å². The molecule has 0 spiro atoms. The Bertz CT molecular complexity index is 544. The molecule has 0 aliphatic carbocycles. The molecule has 0 aliphatic heterocycles. The number of rotatable bonds is 3. The lowest BCUT2D eigenvalue weighted by atomic mass is 10.1. The highest BCUT2D eigenvalue weighted by atomic mass is 35.5. The second kappa shape index (κ2) is 5.68. The van der Waals surface area contributed by atoms with Crippen LogP contribution in [-0.4, -0.2) is 9.97 Å². The first-order valence-corrected chi connectivity index (χ1v) is 6.62. The van der Waals surface area contributed by atoms with Gasteiger partial charge >= 0.3 is 0 Å². The molecule has 0 bridgehead atoms. The zero-order chi connectivity index (χ0) is 13.1. The summed E-state index contributed by atoms with van der Waals surface area (Å²) in [5.41, 5.74) is 3.02. The Morgan fingerprint density at radius 2 is 1.94 bits per heavy atom. The van der Waals surface area contributed by atoms with Crippen LogP contribution in [0.5, 0.6) is 0 Å². The first-order valence-electron chi connectivity index (χ1n) is 5.86. The second-order valence-corrected chi connectivity index (χ2v) is 4.95. The van der Waals surface area contributed by atoms with Crippen molar-refractivity contribution >= 4 is 23.2 Å². The first kappa shape index (κ1) is 13.3. The molecular weight excluding hydrogens is 267 g/mol. The van der Waals surface area contributed by atoms with E-state index in [0.29, 0.717) is 11.6 Å². The Kier molecular flexibility index (Phi) is 4.20. The van der Waals surface area contributed by atoms with Gasteiger partial charge in [-0.25, -0.2) is 9.97 Å². The summed E-state index contributed by atoms with van der Waals surface area (Å²) in [5, 5.41) is 1.27. The molecule has 0 amide bonds. The van der Waals surface area contributed by atoms with Crippen LogP contribution in [0.3, 0.4) is 0 Å². The van der Waals surface area contributed by atoms with Crippen molar-refractivity contribution in [1.29, 1.82) is 0 Å². The predicted molar refractivity (Wildman–Crippen MR) is 75.4 cm³/mol. The van der Waals surface area contributed by atoms with Crippen LogP contribution in [0.15, 0.2) is 24.3 Å². The van der Waals surface area contributed by atoms with Crippen molar-refractivity contribution in [3.8, 4) is 0 Å². The third-order valence-corrected chi connectivity index (χ3v) is 3.34. The molecule has 0 N–H and O–H groups in total. The number of hydrogen-bond donors (Lipinski definition) is 0. The number of benzene rings is 1. The second-order valence-electron chi connectivity index (χ2n) is 4.15. The highest BCUT2D eigenvalue weighted by Gasteiger charge is 2.10. The molecule has 0 saturated carbocycles. The van der Waals surface area contributed by atoms with Crippen molar-refractivity contribution in [2.45, 2.75) is 26.7 Å². The van der Waals surface area contributed by atoms with Crippen molar-refractivity contribution in [2.75, 3.05) is 0 Å². The molecule has 94 valence electrons. The average molecular weight is 281 g/mol. The number of halogens is 2. The fourth-order valence-corrected chi connectivity index (χ4v) is 2.34. The van der Waals surface area contributed by atoms with Gasteiger partial charge in [-0.1, -0.05) is 42.3 Å². The van der Waals surface area contributed by atoms with Crippen LogP contribution >= 0.6 is 23.2 Å². The summed E-state index contributed by atoms with van der Waals surface area (Å²) in [7, 11) is 0. The van der Waals surface area contributed by atoms with Gasteiger partial charge in [0.05, 0.1) is 0 Å². The summed E-state index contributed by atoms with van der Waals surface area (Å²) in [6, 6.07) is 7.75. The quantitative estimate of drug-likeness (QED) is 0.786. The van der Waals surface area contributed by atoms with Gasteiger partial charge in [-0.3, -0.25) is 0 Å². The Hall–Kier alpha value is -1.12. The van der Waals surface area contributed by atoms with Gasteiger partial charge in [0.25, 0.3) is 0 Å². The normalized spacial score (nSPS) is 10.7. The molecule has 2 rings (SSSR count). The maximum atomic E-state index is 6.22. The summed E-state index contributed by atoms with van der Waals surface area (Å²) < 4.78 is 0. The van der Waals surface area contributed by atoms with Crippen LogP contribution in [0.4, 0.5) is 0 Å². The summed E-state index contributed by atoms with van der Waals surface area (Å²) in [4.78, 5) is 8.73. The molecule has 1 heterocycles. The largest absolute Gasteiger partial charge is 0.238 e. The van der Waals surface area contributed by atoms with Gasteiger partial charge in [0.2, 0.25) is 0 Å². The Balaban J connectivity index is 2.35. The molecule has 2 aromatic rings. The number of aryl methyl sites for hydroxylation is 2. The third kappa shape index (κ3) is 3.01. The standard InChI is InChI=1S/C14H14Cl2N2/c1-3-13-17-9(2)12(14(16)18-13)8-10-5-4-6-11(15)7-10/h4-7H,3,8H2,1-2H3. The van der Waals surface area contributed by atoms with Gasteiger partial charge in [-0.15, -0.1) is 0 Å². The lowest BCUT2D eigenvalue weighted by molar-refractivity contribution is 0.893. The van der Waals surface area contributed by atoms with E-state index in [9.17, 15) is 0 Å². The van der Waals surface area contributed by atoms with Crippen molar-refractivity contribution in [2.24, 2.45) is 0 Å². The van der Waals surface area contributed by atoms with Gasteiger partial charge in [-0.05, 0) is 24.6 Å². The summed E-state index contributed by atoms with van der Waals surface area (Å²) >= 11 is 12.2. The molecule has 18 heavy (non-hydrogen) atoms. The minimum absolute atomic E-state index is 0.541. The summed E-state index contributed by atoms with van der Waals surface area (Å²) in [6.45, 7) is 3.98. The minimum atomic E-state index is 0.541. The smallest absolute Gasteiger partial charge is 0.136 e. The van der Waals surface area contributed by atoms with E-state index in [1.165, 1.54) is 0 Å². The molecule has 0 fully saturated rings. The van der Waals surface area contributed by atoms with E-state index in [-0.39, 0.29) is 0 Å². The molecule has 4 heteroatoms. The van der Waals surface area contributed by atoms with Crippen LogP contribution in [-0.2, 0) is 12.8 Å². The third-order valence-electron chi connectivity index (χ3n) is 2.80. The fraction of sp³-hybridized carbons (Fsp3) is 0.286. The van der Waals surface area contributed by atoms with Gasteiger partial charge in [0, 0.05) is 29.1 Å². The van der Waals surface area contributed by atoms with Crippen molar-refractivity contribution in [3.05, 3.63) is 57.1 Å². The van der Waals surface area contributed by atoms with Crippen molar-refractivity contribution in [3.63, 3.8) is 0 Å². The fourth-order valence-electron chi connectivity index (χ4n) is 1.83. The number of hydrogen-bond acceptors (Lipinski definition) is 2. The topological polar surface area (TPSA) is 25.8 Å². The number of aromatic nitrogens is 2.